The van der Waals surface area contributed by atoms with Gasteiger partial charge in [0.05, 0.1) is 12.4 Å². The number of nitrogens with one attached hydrogen (secondary N) is 3. The molecule has 2 heterocycles. The molecule has 3 rings (SSSR count). The molecule has 1 fully saturated rings. The second-order valence-electron chi connectivity index (χ2n) is 8.58. The van der Waals surface area contributed by atoms with Gasteiger partial charge in [-0.05, 0) is 37.5 Å². The van der Waals surface area contributed by atoms with Crippen LogP contribution < -0.4 is 16.4 Å². The highest BCUT2D eigenvalue weighted by molar-refractivity contribution is 5.94. The van der Waals surface area contributed by atoms with Gasteiger partial charge in [0.1, 0.15) is 23.9 Å². The number of rotatable bonds is 10. The molecule has 1 saturated heterocycles. The number of aliphatic carboxylic acids is 1. The van der Waals surface area contributed by atoms with Gasteiger partial charge in [-0.15, -0.1) is 0 Å². The molecule has 1 aliphatic rings. The average molecular weight is 487 g/mol. The maximum absolute atomic E-state index is 13.2. The number of carbonyl (C=O) groups is 4. The van der Waals surface area contributed by atoms with Crippen molar-refractivity contribution in [2.45, 2.75) is 56.8 Å². The highest BCUT2D eigenvalue weighted by Crippen LogP contribution is 2.20. The number of carboxylic acid groups (broad SMARTS) is 1. The zero-order valence-corrected chi connectivity index (χ0v) is 19.3. The molecular formula is C23H30N6O6. The predicted octanol–water partition coefficient (Wildman–Crippen LogP) is -0.707. The zero-order valence-electron chi connectivity index (χ0n) is 19.3. The van der Waals surface area contributed by atoms with Crippen molar-refractivity contribution >= 4 is 23.7 Å². The summed E-state index contributed by atoms with van der Waals surface area (Å²) in [7, 11) is 0. The fourth-order valence-corrected chi connectivity index (χ4v) is 3.96. The van der Waals surface area contributed by atoms with Crippen molar-refractivity contribution in [2.75, 3.05) is 6.54 Å². The van der Waals surface area contributed by atoms with Crippen LogP contribution in [0.1, 0.15) is 31.0 Å². The van der Waals surface area contributed by atoms with Crippen molar-refractivity contribution in [3.05, 3.63) is 48.0 Å². The summed E-state index contributed by atoms with van der Waals surface area (Å²) in [6, 6.07) is 2.18. The number of imidazole rings is 1. The summed E-state index contributed by atoms with van der Waals surface area (Å²) >= 11 is 0. The summed E-state index contributed by atoms with van der Waals surface area (Å²) in [6.45, 7) is 1.68. The Morgan fingerprint density at radius 2 is 1.91 bits per heavy atom. The fourth-order valence-electron chi connectivity index (χ4n) is 3.96. The van der Waals surface area contributed by atoms with E-state index in [1.165, 1.54) is 30.3 Å². The van der Waals surface area contributed by atoms with Crippen LogP contribution in [0.5, 0.6) is 5.75 Å². The summed E-state index contributed by atoms with van der Waals surface area (Å²) in [5, 5.41) is 23.7. The lowest BCUT2D eigenvalue weighted by molar-refractivity contribution is -0.142. The number of carboxylic acids is 1. The Labute approximate surface area is 201 Å². The third-order valence-corrected chi connectivity index (χ3v) is 5.89. The van der Waals surface area contributed by atoms with Crippen molar-refractivity contribution in [2.24, 2.45) is 5.73 Å². The molecule has 1 aromatic heterocycles. The summed E-state index contributed by atoms with van der Waals surface area (Å²) in [4.78, 5) is 58.4. The number of hydrogen-bond acceptors (Lipinski definition) is 7. The van der Waals surface area contributed by atoms with Gasteiger partial charge in [-0.25, -0.2) is 4.98 Å². The molecule has 4 atom stereocenters. The molecule has 4 unspecified atom stereocenters. The lowest BCUT2D eigenvalue weighted by atomic mass is 10.0. The molecule has 0 bridgehead atoms. The number of likely N-dealkylation sites (tertiary alicyclic amines) is 1. The maximum Gasteiger partial charge on any atom is 0.325 e. The number of aromatic amines is 1. The smallest absolute Gasteiger partial charge is 0.325 e. The van der Waals surface area contributed by atoms with Gasteiger partial charge in [-0.3, -0.25) is 19.2 Å². The number of benzene rings is 1. The number of carbonyl (C=O) groups excluding carboxylic acids is 3. The van der Waals surface area contributed by atoms with Gasteiger partial charge in [0.2, 0.25) is 17.7 Å². The molecule has 3 amide bonds. The van der Waals surface area contributed by atoms with Crippen LogP contribution >= 0.6 is 0 Å². The van der Waals surface area contributed by atoms with Crippen molar-refractivity contribution in [3.8, 4) is 5.75 Å². The first-order chi connectivity index (χ1) is 16.7. The molecule has 188 valence electrons. The second-order valence-corrected chi connectivity index (χ2v) is 8.58. The summed E-state index contributed by atoms with van der Waals surface area (Å²) in [5.74, 6) is -2.74. The Morgan fingerprint density at radius 1 is 1.20 bits per heavy atom. The lowest BCUT2D eigenvalue weighted by Gasteiger charge is -2.28. The summed E-state index contributed by atoms with van der Waals surface area (Å²) in [5.41, 5.74) is 7.43. The minimum Gasteiger partial charge on any atom is -0.508 e. The lowest BCUT2D eigenvalue weighted by Crippen LogP contribution is -2.57. The number of aromatic hydroxyl groups is 1. The van der Waals surface area contributed by atoms with Crippen molar-refractivity contribution in [1.82, 2.24) is 25.5 Å². The normalized spacial score (nSPS) is 17.9. The van der Waals surface area contributed by atoms with Crippen LogP contribution in [0.4, 0.5) is 0 Å². The molecule has 0 saturated carbocycles. The van der Waals surface area contributed by atoms with E-state index in [0.29, 0.717) is 30.6 Å². The van der Waals surface area contributed by atoms with E-state index in [4.69, 9.17) is 10.8 Å². The summed E-state index contributed by atoms with van der Waals surface area (Å²) in [6.07, 6.45) is 4.38. The number of aromatic nitrogens is 2. The molecule has 12 heteroatoms. The Hall–Kier alpha value is -3.93. The number of nitrogens with two attached hydrogens (primary N) is 1. The molecule has 0 aliphatic carbocycles. The first-order valence-electron chi connectivity index (χ1n) is 11.3. The second kappa shape index (κ2) is 11.5. The van der Waals surface area contributed by atoms with E-state index in [2.05, 4.69) is 20.6 Å². The quantitative estimate of drug-likeness (QED) is 0.254. The van der Waals surface area contributed by atoms with Crippen LogP contribution in [0.2, 0.25) is 0 Å². The standard InChI is InChI=1S/C23H30N6O6/c1-13(23(34)35)27-20(31)18(9-14-4-6-16(30)7-5-14)28-21(32)19-3-2-8-29(19)22(33)17(24)10-15-11-25-12-26-15/h4-7,11-13,17-19,30H,2-3,8-10,24H2,1H3,(H,25,26)(H,27,31)(H,28,32)(H,34,35). The number of phenols is 1. The molecular weight excluding hydrogens is 456 g/mol. The third kappa shape index (κ3) is 6.79. The molecule has 35 heavy (non-hydrogen) atoms. The average Bonchev–Trinajstić information content (AvgIpc) is 3.51. The van der Waals surface area contributed by atoms with E-state index < -0.39 is 42.0 Å². The van der Waals surface area contributed by atoms with Crippen LogP contribution in [0.25, 0.3) is 0 Å². The minimum atomic E-state index is -1.22. The van der Waals surface area contributed by atoms with Gasteiger partial charge in [-0.1, -0.05) is 12.1 Å². The van der Waals surface area contributed by atoms with E-state index in [9.17, 15) is 24.3 Å². The minimum absolute atomic E-state index is 0.0462. The van der Waals surface area contributed by atoms with E-state index in [1.54, 1.807) is 18.3 Å². The van der Waals surface area contributed by atoms with Gasteiger partial charge < -0.3 is 36.5 Å². The van der Waals surface area contributed by atoms with Crippen LogP contribution in [-0.4, -0.2) is 79.5 Å². The Balaban J connectivity index is 1.71. The fraction of sp³-hybridized carbons (Fsp3) is 0.435. The Kier molecular flexibility index (Phi) is 8.42. The van der Waals surface area contributed by atoms with E-state index in [0.717, 1.165) is 0 Å². The topological polar surface area (TPSA) is 191 Å². The number of hydrogen-bond donors (Lipinski definition) is 6. The molecule has 0 radical (unpaired) electrons. The maximum atomic E-state index is 13.2. The highest BCUT2D eigenvalue weighted by atomic mass is 16.4. The van der Waals surface area contributed by atoms with Gasteiger partial charge in [0.15, 0.2) is 0 Å². The van der Waals surface area contributed by atoms with E-state index >= 15 is 0 Å². The largest absolute Gasteiger partial charge is 0.508 e. The van der Waals surface area contributed by atoms with Gasteiger partial charge in [-0.2, -0.15) is 0 Å². The van der Waals surface area contributed by atoms with Gasteiger partial charge in [0.25, 0.3) is 0 Å². The summed E-state index contributed by atoms with van der Waals surface area (Å²) < 4.78 is 0. The predicted molar refractivity (Wildman–Crippen MR) is 124 cm³/mol. The number of nitrogens with zero attached hydrogens (tertiary/aromatic N) is 2. The molecule has 1 aromatic carbocycles. The van der Waals surface area contributed by atoms with Crippen LogP contribution in [-0.2, 0) is 32.0 Å². The van der Waals surface area contributed by atoms with Crippen molar-refractivity contribution < 1.29 is 29.4 Å². The third-order valence-electron chi connectivity index (χ3n) is 5.89. The molecule has 0 spiro atoms. The Morgan fingerprint density at radius 3 is 2.54 bits per heavy atom. The first kappa shape index (κ1) is 25.7. The van der Waals surface area contributed by atoms with E-state index in [1.807, 2.05) is 0 Å². The van der Waals surface area contributed by atoms with Gasteiger partial charge >= 0.3 is 5.97 Å². The number of H-pyrrole nitrogens is 1. The van der Waals surface area contributed by atoms with Gasteiger partial charge in [0, 0.05) is 31.3 Å². The van der Waals surface area contributed by atoms with Crippen LogP contribution in [0, 0.1) is 0 Å². The van der Waals surface area contributed by atoms with Crippen LogP contribution in [0.15, 0.2) is 36.8 Å². The van der Waals surface area contributed by atoms with Crippen molar-refractivity contribution in [1.29, 1.82) is 0 Å². The SMILES string of the molecule is CC(NC(=O)C(Cc1ccc(O)cc1)NC(=O)C1CCCN1C(=O)C(N)Cc1cnc[nH]1)C(=O)O. The van der Waals surface area contributed by atoms with E-state index in [-0.39, 0.29) is 24.5 Å². The molecule has 7 N–H and O–H groups in total. The molecule has 2 aromatic rings. The first-order valence-corrected chi connectivity index (χ1v) is 11.3. The van der Waals surface area contributed by atoms with Crippen LogP contribution in [0.3, 0.4) is 0 Å². The monoisotopic (exact) mass is 486 g/mol. The Bertz CT molecular complexity index is 1040. The number of amides is 3. The highest BCUT2D eigenvalue weighted by Gasteiger charge is 2.38. The zero-order chi connectivity index (χ0) is 25.5. The van der Waals surface area contributed by atoms with Crippen molar-refractivity contribution in [3.63, 3.8) is 0 Å². The number of phenolic OH excluding ortho intramolecular Hbond substituents is 1. The molecule has 1 aliphatic heterocycles. The molecule has 12 nitrogen and oxygen atoms in total.